The summed E-state index contributed by atoms with van der Waals surface area (Å²) in [6.07, 6.45) is 0.922. The topological polar surface area (TPSA) is 78.9 Å². The number of benzene rings is 2. The van der Waals surface area contributed by atoms with Crippen LogP contribution in [0.4, 0.5) is 0 Å². The standard InChI is InChI=1S/C22H23ClN2O4/c23-17-4-2-1-3-16(17)18-9-10-19(22(27)28)25(18)21(26)15-7-5-14(6-8-15)20-13-24-11-12-29-20/h1-8,18-20,24H,9-13H2,(H,27,28)/t18-,19+,20?/m1/s1. The third kappa shape index (κ3) is 4.01. The predicted octanol–water partition coefficient (Wildman–Crippen LogP) is 3.43. The molecular weight excluding hydrogens is 392 g/mol. The van der Waals surface area contributed by atoms with Crippen LogP contribution in [0.25, 0.3) is 0 Å². The number of morpholine rings is 1. The van der Waals surface area contributed by atoms with Gasteiger partial charge in [-0.15, -0.1) is 0 Å². The quantitative estimate of drug-likeness (QED) is 0.801. The Morgan fingerprint density at radius 1 is 1.10 bits per heavy atom. The average Bonchev–Trinajstić information content (AvgIpc) is 3.19. The lowest BCUT2D eigenvalue weighted by Crippen LogP contribution is -2.42. The van der Waals surface area contributed by atoms with Gasteiger partial charge in [0.25, 0.3) is 5.91 Å². The van der Waals surface area contributed by atoms with Crippen LogP contribution in [0.3, 0.4) is 0 Å². The largest absolute Gasteiger partial charge is 0.480 e. The third-order valence-corrected chi connectivity index (χ3v) is 5.97. The Labute approximate surface area is 174 Å². The summed E-state index contributed by atoms with van der Waals surface area (Å²) >= 11 is 6.35. The number of carboxylic acid groups (broad SMARTS) is 1. The van der Waals surface area contributed by atoms with E-state index in [-0.39, 0.29) is 18.1 Å². The first kappa shape index (κ1) is 19.9. The highest BCUT2D eigenvalue weighted by Crippen LogP contribution is 2.40. The zero-order chi connectivity index (χ0) is 20.4. The van der Waals surface area contributed by atoms with Gasteiger partial charge in [0.2, 0.25) is 0 Å². The third-order valence-electron chi connectivity index (χ3n) is 5.63. The molecule has 0 aliphatic carbocycles. The van der Waals surface area contributed by atoms with Crippen molar-refractivity contribution in [2.45, 2.75) is 31.0 Å². The molecule has 6 nitrogen and oxygen atoms in total. The van der Waals surface area contributed by atoms with Crippen molar-refractivity contribution in [3.63, 3.8) is 0 Å². The van der Waals surface area contributed by atoms with Crippen LogP contribution in [0.5, 0.6) is 0 Å². The van der Waals surface area contributed by atoms with Crippen LogP contribution in [0.15, 0.2) is 48.5 Å². The molecule has 2 aromatic carbocycles. The molecule has 0 saturated carbocycles. The highest BCUT2D eigenvalue weighted by atomic mass is 35.5. The Morgan fingerprint density at radius 3 is 2.52 bits per heavy atom. The van der Waals surface area contributed by atoms with Crippen LogP contribution in [-0.2, 0) is 9.53 Å². The summed E-state index contributed by atoms with van der Waals surface area (Å²) in [6.45, 7) is 2.22. The Balaban J connectivity index is 1.61. The molecule has 7 heteroatoms. The van der Waals surface area contributed by atoms with Crippen molar-refractivity contribution in [2.24, 2.45) is 0 Å². The summed E-state index contributed by atoms with van der Waals surface area (Å²) < 4.78 is 5.75. The second kappa shape index (κ2) is 8.53. The number of carboxylic acids is 1. The molecule has 0 bridgehead atoms. The molecule has 0 aromatic heterocycles. The summed E-state index contributed by atoms with van der Waals surface area (Å²) in [7, 11) is 0. The van der Waals surface area contributed by atoms with Crippen LogP contribution in [0, 0.1) is 0 Å². The van der Waals surface area contributed by atoms with Gasteiger partial charge in [0.1, 0.15) is 6.04 Å². The van der Waals surface area contributed by atoms with Gasteiger partial charge in [0, 0.05) is 23.7 Å². The first-order valence-corrected chi connectivity index (χ1v) is 10.2. The van der Waals surface area contributed by atoms with E-state index in [9.17, 15) is 14.7 Å². The summed E-state index contributed by atoms with van der Waals surface area (Å²) in [5.41, 5.74) is 2.24. The fraction of sp³-hybridized carbons (Fsp3) is 0.364. The van der Waals surface area contributed by atoms with E-state index < -0.39 is 12.0 Å². The summed E-state index contributed by atoms with van der Waals surface area (Å²) in [5.74, 6) is -1.29. The second-order valence-corrected chi connectivity index (χ2v) is 7.77. The Bertz CT molecular complexity index is 896. The molecule has 2 aliphatic heterocycles. The van der Waals surface area contributed by atoms with Gasteiger partial charge in [0.05, 0.1) is 18.8 Å². The van der Waals surface area contributed by atoms with Crippen LogP contribution < -0.4 is 5.32 Å². The number of hydrogen-bond acceptors (Lipinski definition) is 4. The molecule has 152 valence electrons. The lowest BCUT2D eigenvalue weighted by atomic mass is 10.0. The number of rotatable bonds is 4. The van der Waals surface area contributed by atoms with Crippen LogP contribution >= 0.6 is 11.6 Å². The molecule has 2 N–H and O–H groups in total. The zero-order valence-corrected chi connectivity index (χ0v) is 16.6. The highest BCUT2D eigenvalue weighted by molar-refractivity contribution is 6.31. The van der Waals surface area contributed by atoms with Crippen molar-refractivity contribution in [3.05, 3.63) is 70.2 Å². The van der Waals surface area contributed by atoms with Gasteiger partial charge >= 0.3 is 5.97 Å². The smallest absolute Gasteiger partial charge is 0.326 e. The number of amides is 1. The van der Waals surface area contributed by atoms with Crippen molar-refractivity contribution in [2.75, 3.05) is 19.7 Å². The molecule has 0 spiro atoms. The minimum Gasteiger partial charge on any atom is -0.480 e. The van der Waals surface area contributed by atoms with Gasteiger partial charge in [-0.05, 0) is 42.2 Å². The number of aliphatic carboxylic acids is 1. The van der Waals surface area contributed by atoms with Crippen LogP contribution in [0.2, 0.25) is 5.02 Å². The number of hydrogen-bond donors (Lipinski definition) is 2. The highest BCUT2D eigenvalue weighted by Gasteiger charge is 2.42. The lowest BCUT2D eigenvalue weighted by Gasteiger charge is -2.29. The van der Waals surface area contributed by atoms with Gasteiger partial charge in [-0.1, -0.05) is 41.9 Å². The molecule has 29 heavy (non-hydrogen) atoms. The van der Waals surface area contributed by atoms with E-state index in [0.29, 0.717) is 30.0 Å². The van der Waals surface area contributed by atoms with Gasteiger partial charge in [-0.25, -0.2) is 4.79 Å². The van der Waals surface area contributed by atoms with Crippen molar-refractivity contribution >= 4 is 23.5 Å². The van der Waals surface area contributed by atoms with Crippen molar-refractivity contribution < 1.29 is 19.4 Å². The van der Waals surface area contributed by atoms with E-state index in [2.05, 4.69) is 5.32 Å². The molecule has 4 rings (SSSR count). The first-order chi connectivity index (χ1) is 14.1. The Morgan fingerprint density at radius 2 is 1.86 bits per heavy atom. The van der Waals surface area contributed by atoms with Crippen LogP contribution in [0.1, 0.15) is 46.5 Å². The zero-order valence-electron chi connectivity index (χ0n) is 15.9. The predicted molar refractivity (Wildman–Crippen MR) is 109 cm³/mol. The number of halogens is 1. The fourth-order valence-corrected chi connectivity index (χ4v) is 4.42. The molecule has 3 atom stereocenters. The SMILES string of the molecule is O=C(O)[C@@H]1CC[C@H](c2ccccc2Cl)N1C(=O)c1ccc(C2CNCCO2)cc1. The number of carbonyl (C=O) groups excluding carboxylic acids is 1. The number of nitrogens with one attached hydrogen (secondary N) is 1. The molecule has 1 amide bonds. The molecule has 1 unspecified atom stereocenters. The lowest BCUT2D eigenvalue weighted by molar-refractivity contribution is -0.141. The van der Waals surface area contributed by atoms with Gasteiger partial charge in [0.15, 0.2) is 0 Å². The van der Waals surface area contributed by atoms with E-state index in [0.717, 1.165) is 24.2 Å². The van der Waals surface area contributed by atoms with Gasteiger partial charge in [-0.3, -0.25) is 4.79 Å². The molecular formula is C22H23ClN2O4. The van der Waals surface area contributed by atoms with Gasteiger partial charge < -0.3 is 20.1 Å². The summed E-state index contributed by atoms with van der Waals surface area (Å²) in [6, 6.07) is 13.3. The number of nitrogens with zero attached hydrogens (tertiary/aromatic N) is 1. The van der Waals surface area contributed by atoms with E-state index in [1.165, 1.54) is 4.90 Å². The average molecular weight is 415 g/mol. The van der Waals surface area contributed by atoms with E-state index in [1.54, 1.807) is 18.2 Å². The summed E-state index contributed by atoms with van der Waals surface area (Å²) in [4.78, 5) is 26.6. The minimum absolute atomic E-state index is 0.0395. The monoisotopic (exact) mass is 414 g/mol. The molecule has 2 aliphatic rings. The Hall–Kier alpha value is -2.41. The molecule has 2 heterocycles. The van der Waals surface area contributed by atoms with E-state index >= 15 is 0 Å². The van der Waals surface area contributed by atoms with Crippen molar-refractivity contribution in [1.29, 1.82) is 0 Å². The maximum absolute atomic E-state index is 13.3. The van der Waals surface area contributed by atoms with E-state index in [1.807, 2.05) is 30.3 Å². The summed E-state index contributed by atoms with van der Waals surface area (Å²) in [5, 5.41) is 13.5. The van der Waals surface area contributed by atoms with Gasteiger partial charge in [-0.2, -0.15) is 0 Å². The molecule has 2 aromatic rings. The molecule has 2 fully saturated rings. The normalized spacial score (nSPS) is 24.4. The van der Waals surface area contributed by atoms with Crippen molar-refractivity contribution in [3.8, 4) is 0 Å². The van der Waals surface area contributed by atoms with E-state index in [4.69, 9.17) is 16.3 Å². The number of carbonyl (C=O) groups is 2. The maximum atomic E-state index is 13.3. The Kier molecular flexibility index (Phi) is 5.85. The van der Waals surface area contributed by atoms with Crippen LogP contribution in [-0.4, -0.2) is 47.6 Å². The van der Waals surface area contributed by atoms with Crippen molar-refractivity contribution in [1.82, 2.24) is 10.2 Å². The number of likely N-dealkylation sites (tertiary alicyclic amines) is 1. The minimum atomic E-state index is -0.994. The fourth-order valence-electron chi connectivity index (χ4n) is 4.16. The first-order valence-electron chi connectivity index (χ1n) is 9.78. The molecule has 2 saturated heterocycles. The second-order valence-electron chi connectivity index (χ2n) is 7.37. The molecule has 0 radical (unpaired) electrons. The maximum Gasteiger partial charge on any atom is 0.326 e. The number of ether oxygens (including phenoxy) is 1.